The molecule has 1 fully saturated rings. The predicted molar refractivity (Wildman–Crippen MR) is 102 cm³/mol. The second-order valence-electron chi connectivity index (χ2n) is 7.14. The SMILES string of the molecule is COc1ccc(-c2cc(C(=O)N3CCCCC3CCN(C)C)[nH]n2)cc1. The van der Waals surface area contributed by atoms with Gasteiger partial charge < -0.3 is 14.5 Å². The number of aromatic nitrogens is 2. The summed E-state index contributed by atoms with van der Waals surface area (Å²) in [5.41, 5.74) is 2.30. The van der Waals surface area contributed by atoms with E-state index >= 15 is 0 Å². The summed E-state index contributed by atoms with van der Waals surface area (Å²) < 4.78 is 5.19. The standard InChI is InChI=1S/C20H28N4O2/c1-23(2)13-11-16-6-4-5-12-24(16)20(25)19-14-18(21-22-19)15-7-9-17(26-3)10-8-15/h7-10,14,16H,4-6,11-13H2,1-3H3,(H,21,22). The van der Waals surface area contributed by atoms with Crippen molar-refractivity contribution in [1.82, 2.24) is 20.0 Å². The molecule has 1 aliphatic heterocycles. The molecule has 1 aromatic heterocycles. The highest BCUT2D eigenvalue weighted by atomic mass is 16.5. The molecule has 140 valence electrons. The molecule has 1 atom stereocenters. The zero-order chi connectivity index (χ0) is 18.5. The van der Waals surface area contributed by atoms with E-state index in [1.54, 1.807) is 7.11 Å². The Balaban J connectivity index is 1.73. The van der Waals surface area contributed by atoms with Crippen LogP contribution < -0.4 is 4.74 Å². The summed E-state index contributed by atoms with van der Waals surface area (Å²) in [7, 11) is 5.79. The average Bonchev–Trinajstić information content (AvgIpc) is 3.16. The molecule has 1 aromatic carbocycles. The lowest BCUT2D eigenvalue weighted by molar-refractivity contribution is 0.0585. The minimum Gasteiger partial charge on any atom is -0.497 e. The van der Waals surface area contributed by atoms with Crippen LogP contribution >= 0.6 is 0 Å². The lowest BCUT2D eigenvalue weighted by Crippen LogP contribution is -2.45. The number of carbonyl (C=O) groups is 1. The molecular weight excluding hydrogens is 328 g/mol. The first-order chi connectivity index (χ1) is 12.6. The van der Waals surface area contributed by atoms with Crippen LogP contribution in [0.2, 0.25) is 0 Å². The summed E-state index contributed by atoms with van der Waals surface area (Å²) in [6.45, 7) is 1.82. The number of nitrogens with one attached hydrogen (secondary N) is 1. The maximum atomic E-state index is 13.0. The first-order valence-corrected chi connectivity index (χ1v) is 9.24. The number of nitrogens with zero attached hydrogens (tertiary/aromatic N) is 3. The molecule has 6 heteroatoms. The predicted octanol–water partition coefficient (Wildman–Crippen LogP) is 3.03. The van der Waals surface area contributed by atoms with Crippen molar-refractivity contribution < 1.29 is 9.53 Å². The van der Waals surface area contributed by atoms with Gasteiger partial charge >= 0.3 is 0 Å². The summed E-state index contributed by atoms with van der Waals surface area (Å²) >= 11 is 0. The highest BCUT2D eigenvalue weighted by Gasteiger charge is 2.28. The van der Waals surface area contributed by atoms with Gasteiger partial charge in [0.15, 0.2) is 0 Å². The molecule has 3 rings (SSSR count). The summed E-state index contributed by atoms with van der Waals surface area (Å²) in [6.07, 6.45) is 4.36. The first kappa shape index (κ1) is 18.5. The van der Waals surface area contributed by atoms with Gasteiger partial charge in [-0.15, -0.1) is 0 Å². The molecule has 1 aliphatic rings. The maximum absolute atomic E-state index is 13.0. The fourth-order valence-electron chi connectivity index (χ4n) is 3.47. The van der Waals surface area contributed by atoms with E-state index in [1.807, 2.05) is 35.2 Å². The van der Waals surface area contributed by atoms with Crippen LogP contribution in [0.3, 0.4) is 0 Å². The summed E-state index contributed by atoms with van der Waals surface area (Å²) in [4.78, 5) is 17.2. The lowest BCUT2D eigenvalue weighted by atomic mass is 9.98. The Labute approximate surface area is 155 Å². The molecule has 0 bridgehead atoms. The van der Waals surface area contributed by atoms with Gasteiger partial charge in [-0.25, -0.2) is 0 Å². The number of hydrogen-bond acceptors (Lipinski definition) is 4. The lowest BCUT2D eigenvalue weighted by Gasteiger charge is -2.36. The van der Waals surface area contributed by atoms with Crippen molar-refractivity contribution in [3.63, 3.8) is 0 Å². The van der Waals surface area contributed by atoms with E-state index in [4.69, 9.17) is 4.74 Å². The van der Waals surface area contributed by atoms with E-state index in [9.17, 15) is 4.79 Å². The highest BCUT2D eigenvalue weighted by molar-refractivity contribution is 5.93. The van der Waals surface area contributed by atoms with Crippen LogP contribution in [0.25, 0.3) is 11.3 Å². The normalized spacial score (nSPS) is 17.5. The zero-order valence-corrected chi connectivity index (χ0v) is 15.9. The third kappa shape index (κ3) is 4.25. The Morgan fingerprint density at radius 2 is 2.08 bits per heavy atom. The number of aromatic amines is 1. The first-order valence-electron chi connectivity index (χ1n) is 9.24. The van der Waals surface area contributed by atoms with Gasteiger partial charge in [0, 0.05) is 18.2 Å². The van der Waals surface area contributed by atoms with Crippen molar-refractivity contribution in [2.75, 3.05) is 34.3 Å². The quantitative estimate of drug-likeness (QED) is 0.864. The van der Waals surface area contributed by atoms with E-state index in [-0.39, 0.29) is 5.91 Å². The van der Waals surface area contributed by atoms with Gasteiger partial charge in [-0.2, -0.15) is 5.10 Å². The van der Waals surface area contributed by atoms with Crippen LogP contribution in [0, 0.1) is 0 Å². The molecule has 26 heavy (non-hydrogen) atoms. The zero-order valence-electron chi connectivity index (χ0n) is 15.9. The number of methoxy groups -OCH3 is 1. The van der Waals surface area contributed by atoms with Crippen molar-refractivity contribution >= 4 is 5.91 Å². The summed E-state index contributed by atoms with van der Waals surface area (Å²) in [5.74, 6) is 0.860. The minimum absolute atomic E-state index is 0.0562. The Hall–Kier alpha value is -2.34. The van der Waals surface area contributed by atoms with Gasteiger partial charge in [-0.1, -0.05) is 0 Å². The third-order valence-electron chi connectivity index (χ3n) is 4.99. The summed E-state index contributed by atoms with van der Waals surface area (Å²) in [5, 5.41) is 7.27. The van der Waals surface area contributed by atoms with Crippen molar-refractivity contribution in [2.24, 2.45) is 0 Å². The van der Waals surface area contributed by atoms with E-state index in [0.29, 0.717) is 11.7 Å². The van der Waals surface area contributed by atoms with Gasteiger partial charge in [0.1, 0.15) is 11.4 Å². The largest absolute Gasteiger partial charge is 0.497 e. The van der Waals surface area contributed by atoms with Crippen molar-refractivity contribution in [3.8, 4) is 17.0 Å². The molecule has 0 radical (unpaired) electrons. The number of H-pyrrole nitrogens is 1. The van der Waals surface area contributed by atoms with Crippen LogP contribution in [0.15, 0.2) is 30.3 Å². The molecule has 6 nitrogen and oxygen atoms in total. The average molecular weight is 356 g/mol. The molecule has 0 aliphatic carbocycles. The Morgan fingerprint density at radius 3 is 2.77 bits per heavy atom. The number of ether oxygens (including phenoxy) is 1. The molecule has 2 heterocycles. The number of rotatable bonds is 6. The van der Waals surface area contributed by atoms with Crippen molar-refractivity contribution in [2.45, 2.75) is 31.7 Å². The van der Waals surface area contributed by atoms with E-state index in [1.165, 1.54) is 6.42 Å². The second-order valence-corrected chi connectivity index (χ2v) is 7.14. The molecular formula is C20H28N4O2. The monoisotopic (exact) mass is 356 g/mol. The maximum Gasteiger partial charge on any atom is 0.272 e. The topological polar surface area (TPSA) is 61.5 Å². The van der Waals surface area contributed by atoms with Gasteiger partial charge in [0.2, 0.25) is 0 Å². The van der Waals surface area contributed by atoms with Gasteiger partial charge in [-0.05, 0) is 76.7 Å². The highest BCUT2D eigenvalue weighted by Crippen LogP contribution is 2.24. The number of amides is 1. The molecule has 0 saturated carbocycles. The van der Waals surface area contributed by atoms with E-state index < -0.39 is 0 Å². The fraction of sp³-hybridized carbons (Fsp3) is 0.500. The van der Waals surface area contributed by atoms with Gasteiger partial charge in [0.05, 0.1) is 12.8 Å². The Morgan fingerprint density at radius 1 is 1.31 bits per heavy atom. The number of piperidine rings is 1. The summed E-state index contributed by atoms with van der Waals surface area (Å²) in [6, 6.07) is 9.85. The van der Waals surface area contributed by atoms with E-state index in [0.717, 1.165) is 49.4 Å². The molecule has 2 aromatic rings. The molecule has 0 spiro atoms. The molecule has 1 saturated heterocycles. The molecule has 1 amide bonds. The number of hydrogen-bond donors (Lipinski definition) is 1. The number of likely N-dealkylation sites (tertiary alicyclic amines) is 1. The van der Waals surface area contributed by atoms with Crippen molar-refractivity contribution in [3.05, 3.63) is 36.0 Å². The molecule has 1 N–H and O–H groups in total. The van der Waals surface area contributed by atoms with Crippen LogP contribution in [0.1, 0.15) is 36.2 Å². The fourth-order valence-corrected chi connectivity index (χ4v) is 3.47. The Kier molecular flexibility index (Phi) is 5.93. The van der Waals surface area contributed by atoms with Crippen LogP contribution in [-0.4, -0.2) is 66.2 Å². The van der Waals surface area contributed by atoms with Gasteiger partial charge in [-0.3, -0.25) is 9.89 Å². The number of benzene rings is 1. The van der Waals surface area contributed by atoms with Crippen LogP contribution in [-0.2, 0) is 0 Å². The Bertz CT molecular complexity index is 724. The van der Waals surface area contributed by atoms with Crippen LogP contribution in [0.4, 0.5) is 0 Å². The number of carbonyl (C=O) groups excluding carboxylic acids is 1. The van der Waals surface area contributed by atoms with Crippen molar-refractivity contribution in [1.29, 1.82) is 0 Å². The second kappa shape index (κ2) is 8.36. The third-order valence-corrected chi connectivity index (χ3v) is 4.99. The minimum atomic E-state index is 0.0562. The van der Waals surface area contributed by atoms with E-state index in [2.05, 4.69) is 29.2 Å². The van der Waals surface area contributed by atoms with Gasteiger partial charge in [0.25, 0.3) is 5.91 Å². The smallest absolute Gasteiger partial charge is 0.272 e. The molecule has 1 unspecified atom stereocenters. The van der Waals surface area contributed by atoms with Crippen LogP contribution in [0.5, 0.6) is 5.75 Å².